The Labute approximate surface area is 227 Å². The van der Waals surface area contributed by atoms with Crippen LogP contribution in [0.3, 0.4) is 0 Å². The molecule has 0 unspecified atom stereocenters. The summed E-state index contributed by atoms with van der Waals surface area (Å²) in [6.07, 6.45) is 1.24. The Morgan fingerprint density at radius 1 is 0.769 bits per heavy atom. The highest BCUT2D eigenvalue weighted by molar-refractivity contribution is 6.05. The number of nitrogens with one attached hydrogen (secondary N) is 1. The molecule has 1 heterocycles. The van der Waals surface area contributed by atoms with E-state index in [9.17, 15) is 19.5 Å². The van der Waals surface area contributed by atoms with Crippen LogP contribution in [0.2, 0.25) is 0 Å². The predicted molar refractivity (Wildman–Crippen MR) is 150 cm³/mol. The number of benzene rings is 4. The fourth-order valence-corrected chi connectivity index (χ4v) is 5.25. The summed E-state index contributed by atoms with van der Waals surface area (Å²) in [5, 5.41) is 14.1. The highest BCUT2D eigenvalue weighted by atomic mass is 16.3. The number of rotatable bonds is 8. The first-order chi connectivity index (χ1) is 19.0. The zero-order valence-corrected chi connectivity index (χ0v) is 21.5. The van der Waals surface area contributed by atoms with Crippen LogP contribution in [-0.4, -0.2) is 46.7 Å². The summed E-state index contributed by atoms with van der Waals surface area (Å²) in [7, 11) is 0. The minimum absolute atomic E-state index is 0.0533. The van der Waals surface area contributed by atoms with E-state index >= 15 is 0 Å². The fraction of sp³-hybridized carbons (Fsp3) is 0.182. The monoisotopic (exact) mass is 518 g/mol. The summed E-state index contributed by atoms with van der Waals surface area (Å²) in [5.74, 6) is -1.44. The second-order valence-corrected chi connectivity index (χ2v) is 9.72. The number of aliphatic hydroxyl groups is 1. The van der Waals surface area contributed by atoms with Crippen LogP contribution >= 0.6 is 0 Å². The average molecular weight is 519 g/mol. The van der Waals surface area contributed by atoms with Gasteiger partial charge in [-0.1, -0.05) is 115 Å². The molecule has 0 bridgehead atoms. The summed E-state index contributed by atoms with van der Waals surface area (Å²) in [4.78, 5) is 42.2. The van der Waals surface area contributed by atoms with Crippen molar-refractivity contribution in [2.75, 3.05) is 13.1 Å². The van der Waals surface area contributed by atoms with Gasteiger partial charge in [0.15, 0.2) is 11.4 Å². The van der Waals surface area contributed by atoms with Crippen molar-refractivity contribution in [1.82, 2.24) is 10.2 Å². The summed E-state index contributed by atoms with van der Waals surface area (Å²) in [5.41, 5.74) is 1.05. The SMILES string of the molecule is O=C(CN1CCC[C@H]1C(=O)NC(=O)C(O)(c1ccccc1)c1ccccc1)c1ccccc1-c1ccccc1. The lowest BCUT2D eigenvalue weighted by Crippen LogP contribution is -2.53. The van der Waals surface area contributed by atoms with Gasteiger partial charge in [0.05, 0.1) is 12.6 Å². The average Bonchev–Trinajstić information content (AvgIpc) is 3.46. The van der Waals surface area contributed by atoms with E-state index < -0.39 is 23.5 Å². The molecule has 2 N–H and O–H groups in total. The summed E-state index contributed by atoms with van der Waals surface area (Å²) in [6.45, 7) is 0.616. The second-order valence-electron chi connectivity index (χ2n) is 9.72. The highest BCUT2D eigenvalue weighted by Gasteiger charge is 2.42. The van der Waals surface area contributed by atoms with Crippen LogP contribution in [0.4, 0.5) is 0 Å². The fourth-order valence-electron chi connectivity index (χ4n) is 5.25. The van der Waals surface area contributed by atoms with Gasteiger partial charge >= 0.3 is 0 Å². The first-order valence-corrected chi connectivity index (χ1v) is 13.1. The third kappa shape index (κ3) is 5.43. The molecule has 0 radical (unpaired) electrons. The summed E-state index contributed by atoms with van der Waals surface area (Å²) < 4.78 is 0. The van der Waals surface area contributed by atoms with Gasteiger partial charge in [0, 0.05) is 5.56 Å². The van der Waals surface area contributed by atoms with E-state index in [0.717, 1.165) is 17.5 Å². The van der Waals surface area contributed by atoms with E-state index in [-0.39, 0.29) is 12.3 Å². The molecule has 5 rings (SSSR count). The molecule has 6 heteroatoms. The summed E-state index contributed by atoms with van der Waals surface area (Å²) >= 11 is 0. The minimum Gasteiger partial charge on any atom is -0.372 e. The number of imide groups is 1. The van der Waals surface area contributed by atoms with Gasteiger partial charge in [-0.05, 0) is 41.6 Å². The lowest BCUT2D eigenvalue weighted by molar-refractivity contribution is -0.142. The van der Waals surface area contributed by atoms with Crippen molar-refractivity contribution >= 4 is 17.6 Å². The van der Waals surface area contributed by atoms with E-state index in [1.807, 2.05) is 53.4 Å². The van der Waals surface area contributed by atoms with Gasteiger partial charge in [-0.15, -0.1) is 0 Å². The van der Waals surface area contributed by atoms with Crippen molar-refractivity contribution in [3.8, 4) is 11.1 Å². The molecule has 1 aliphatic heterocycles. The molecule has 0 aliphatic carbocycles. The molecule has 1 saturated heterocycles. The van der Waals surface area contributed by atoms with Crippen LogP contribution < -0.4 is 5.32 Å². The van der Waals surface area contributed by atoms with E-state index in [1.165, 1.54) is 0 Å². The molecular formula is C33H30N2O4. The van der Waals surface area contributed by atoms with Crippen LogP contribution in [0, 0.1) is 0 Å². The molecule has 0 saturated carbocycles. The topological polar surface area (TPSA) is 86.7 Å². The highest BCUT2D eigenvalue weighted by Crippen LogP contribution is 2.30. The number of likely N-dealkylation sites (tertiary alicyclic amines) is 1. The molecule has 39 heavy (non-hydrogen) atoms. The van der Waals surface area contributed by atoms with Crippen LogP contribution in [0.5, 0.6) is 0 Å². The number of carbonyl (C=O) groups excluding carboxylic acids is 3. The standard InChI is InChI=1S/C33H30N2O4/c36-30(28-20-11-10-19-27(28)24-13-4-1-5-14-24)23-35-22-12-21-29(35)31(37)34-32(38)33(39,25-15-6-2-7-16-25)26-17-8-3-9-18-26/h1-11,13-20,29,39H,12,21-23H2,(H,34,37,38)/t29-/m0/s1. The molecule has 196 valence electrons. The van der Waals surface area contributed by atoms with Crippen molar-refractivity contribution in [1.29, 1.82) is 0 Å². The van der Waals surface area contributed by atoms with Gasteiger partial charge in [-0.25, -0.2) is 0 Å². The maximum atomic E-state index is 13.5. The van der Waals surface area contributed by atoms with Gasteiger partial charge in [-0.3, -0.25) is 24.6 Å². The van der Waals surface area contributed by atoms with E-state index in [2.05, 4.69) is 5.32 Å². The third-order valence-electron chi connectivity index (χ3n) is 7.27. The van der Waals surface area contributed by atoms with Crippen LogP contribution in [0.25, 0.3) is 11.1 Å². The number of hydrogen-bond acceptors (Lipinski definition) is 5. The number of carbonyl (C=O) groups is 3. The number of ketones is 1. The van der Waals surface area contributed by atoms with Crippen LogP contribution in [0.15, 0.2) is 115 Å². The van der Waals surface area contributed by atoms with Gasteiger partial charge < -0.3 is 5.11 Å². The quantitative estimate of drug-likeness (QED) is 0.334. The number of amides is 2. The number of Topliss-reactive ketones (excluding diaryl/α,β-unsaturated/α-hetero) is 1. The predicted octanol–water partition coefficient (Wildman–Crippen LogP) is 4.58. The number of hydrogen-bond donors (Lipinski definition) is 2. The first kappa shape index (κ1) is 26.2. The van der Waals surface area contributed by atoms with Crippen molar-refractivity contribution < 1.29 is 19.5 Å². The molecule has 4 aromatic rings. The Morgan fingerprint density at radius 2 is 1.31 bits per heavy atom. The van der Waals surface area contributed by atoms with Crippen molar-refractivity contribution in [3.05, 3.63) is 132 Å². The number of nitrogens with zero attached hydrogens (tertiary/aromatic N) is 1. The Hall–Kier alpha value is -4.39. The molecule has 1 fully saturated rings. The lowest BCUT2D eigenvalue weighted by Gasteiger charge is -2.29. The maximum Gasteiger partial charge on any atom is 0.267 e. The van der Waals surface area contributed by atoms with E-state index in [4.69, 9.17) is 0 Å². The van der Waals surface area contributed by atoms with Gasteiger partial charge in [-0.2, -0.15) is 0 Å². The first-order valence-electron chi connectivity index (χ1n) is 13.1. The normalized spacial score (nSPS) is 15.6. The zero-order chi connectivity index (χ0) is 27.2. The molecule has 4 aromatic carbocycles. The Kier molecular flexibility index (Phi) is 7.77. The molecular weight excluding hydrogens is 488 g/mol. The van der Waals surface area contributed by atoms with Gasteiger partial charge in [0.25, 0.3) is 5.91 Å². The molecule has 2 amide bonds. The Bertz CT molecular complexity index is 1420. The molecule has 1 atom stereocenters. The molecule has 6 nitrogen and oxygen atoms in total. The van der Waals surface area contributed by atoms with Crippen molar-refractivity contribution in [2.24, 2.45) is 0 Å². The Balaban J connectivity index is 1.34. The molecule has 0 aromatic heterocycles. The molecule has 0 spiro atoms. The Morgan fingerprint density at radius 3 is 1.92 bits per heavy atom. The van der Waals surface area contributed by atoms with E-state index in [0.29, 0.717) is 29.7 Å². The zero-order valence-electron chi connectivity index (χ0n) is 21.5. The largest absolute Gasteiger partial charge is 0.372 e. The lowest BCUT2D eigenvalue weighted by atomic mass is 9.85. The smallest absolute Gasteiger partial charge is 0.267 e. The molecule has 1 aliphatic rings. The maximum absolute atomic E-state index is 13.5. The van der Waals surface area contributed by atoms with Gasteiger partial charge in [0.1, 0.15) is 0 Å². The minimum atomic E-state index is -2.05. The van der Waals surface area contributed by atoms with Crippen LogP contribution in [-0.2, 0) is 15.2 Å². The van der Waals surface area contributed by atoms with Crippen molar-refractivity contribution in [2.45, 2.75) is 24.5 Å². The summed E-state index contributed by atoms with van der Waals surface area (Å²) in [6, 6.07) is 33.7. The second kappa shape index (κ2) is 11.6. The van der Waals surface area contributed by atoms with Crippen LogP contribution in [0.1, 0.15) is 34.3 Å². The van der Waals surface area contributed by atoms with Gasteiger partial charge in [0.2, 0.25) is 5.91 Å². The third-order valence-corrected chi connectivity index (χ3v) is 7.27. The van der Waals surface area contributed by atoms with Crippen molar-refractivity contribution in [3.63, 3.8) is 0 Å². The van der Waals surface area contributed by atoms with E-state index in [1.54, 1.807) is 66.7 Å².